The predicted molar refractivity (Wildman–Crippen MR) is 102 cm³/mol. The average molecular weight is 401 g/mol. The van der Waals surface area contributed by atoms with E-state index in [2.05, 4.69) is 0 Å². The number of nitrogens with zero attached hydrogens (tertiary/aromatic N) is 3. The summed E-state index contributed by atoms with van der Waals surface area (Å²) in [5, 5.41) is 29.4. The molecule has 1 fully saturated rings. The Morgan fingerprint density at radius 3 is 2.31 bits per heavy atom. The lowest BCUT2D eigenvalue weighted by Crippen LogP contribution is -2.50. The molecule has 0 aliphatic carbocycles. The summed E-state index contributed by atoms with van der Waals surface area (Å²) in [7, 11) is 0. The van der Waals surface area contributed by atoms with Crippen molar-refractivity contribution in [1.82, 2.24) is 4.90 Å². The fourth-order valence-corrected chi connectivity index (χ4v) is 3.01. The fraction of sp³-hybridized carbons (Fsp3) is 0.263. The molecule has 0 saturated carbocycles. The summed E-state index contributed by atoms with van der Waals surface area (Å²) in [5.41, 5.74) is 0.437. The van der Waals surface area contributed by atoms with Crippen molar-refractivity contribution in [3.63, 3.8) is 0 Å². The molecule has 152 valence electrons. The number of nitro groups is 1. The summed E-state index contributed by atoms with van der Waals surface area (Å²) >= 11 is 0. The van der Waals surface area contributed by atoms with Crippen LogP contribution in [-0.4, -0.2) is 64.7 Å². The number of piperazine rings is 1. The Kier molecular flexibility index (Phi) is 5.82. The van der Waals surface area contributed by atoms with E-state index in [4.69, 9.17) is 9.84 Å². The number of hydrogen-bond donors (Lipinski definition) is 2. The molecule has 2 N–H and O–H groups in total. The number of aromatic hydroxyl groups is 1. The number of nitro benzene ring substituents is 1. The third-order valence-corrected chi connectivity index (χ3v) is 4.62. The minimum atomic E-state index is -1.21. The number of carbonyl (C=O) groups is 2. The maximum absolute atomic E-state index is 12.3. The van der Waals surface area contributed by atoms with Gasteiger partial charge in [-0.05, 0) is 30.3 Å². The van der Waals surface area contributed by atoms with Gasteiger partial charge in [0.1, 0.15) is 17.1 Å². The number of hydrogen-bond acceptors (Lipinski definition) is 7. The second-order valence-corrected chi connectivity index (χ2v) is 6.41. The molecule has 1 saturated heterocycles. The fourth-order valence-electron chi connectivity index (χ4n) is 3.01. The zero-order valence-electron chi connectivity index (χ0n) is 15.4. The number of non-ortho nitro benzene ring substituents is 1. The van der Waals surface area contributed by atoms with Crippen LogP contribution in [0.1, 0.15) is 10.4 Å². The molecule has 1 aliphatic rings. The van der Waals surface area contributed by atoms with Gasteiger partial charge in [-0.25, -0.2) is 4.79 Å². The smallest absolute Gasteiger partial charge is 0.339 e. The normalized spacial score (nSPS) is 13.8. The van der Waals surface area contributed by atoms with Crippen LogP contribution in [-0.2, 0) is 4.79 Å². The number of ether oxygens (including phenoxy) is 1. The lowest BCUT2D eigenvalue weighted by molar-refractivity contribution is -0.384. The molecule has 10 nitrogen and oxygen atoms in total. The van der Waals surface area contributed by atoms with Crippen LogP contribution in [0.4, 0.5) is 11.4 Å². The lowest BCUT2D eigenvalue weighted by Gasteiger charge is -2.36. The lowest BCUT2D eigenvalue weighted by atomic mass is 10.1. The van der Waals surface area contributed by atoms with Crippen molar-refractivity contribution >= 4 is 23.3 Å². The number of phenols is 1. The van der Waals surface area contributed by atoms with Crippen LogP contribution in [0.15, 0.2) is 42.5 Å². The zero-order chi connectivity index (χ0) is 21.0. The van der Waals surface area contributed by atoms with Gasteiger partial charge in [0.15, 0.2) is 6.61 Å². The van der Waals surface area contributed by atoms with E-state index in [0.717, 1.165) is 0 Å². The van der Waals surface area contributed by atoms with Crippen molar-refractivity contribution in [1.29, 1.82) is 0 Å². The molecule has 1 heterocycles. The highest BCUT2D eigenvalue weighted by Crippen LogP contribution is 2.25. The van der Waals surface area contributed by atoms with Crippen LogP contribution < -0.4 is 9.64 Å². The summed E-state index contributed by atoms with van der Waals surface area (Å²) in [5.74, 6) is -1.34. The van der Waals surface area contributed by atoms with Crippen LogP contribution in [0.3, 0.4) is 0 Å². The minimum absolute atomic E-state index is 0.0555. The van der Waals surface area contributed by atoms with Gasteiger partial charge in [-0.15, -0.1) is 0 Å². The molecule has 1 aliphatic heterocycles. The van der Waals surface area contributed by atoms with Crippen LogP contribution in [0.5, 0.6) is 11.5 Å². The number of carboxylic acids is 1. The Hall–Kier alpha value is -3.82. The molecular weight excluding hydrogens is 382 g/mol. The quantitative estimate of drug-likeness (QED) is 0.552. The molecule has 1 amide bonds. The first-order chi connectivity index (χ1) is 13.8. The Morgan fingerprint density at radius 1 is 1.07 bits per heavy atom. The molecule has 3 rings (SSSR count). The van der Waals surface area contributed by atoms with Gasteiger partial charge in [0.05, 0.1) is 4.92 Å². The maximum atomic E-state index is 12.3. The van der Waals surface area contributed by atoms with Crippen LogP contribution in [0.25, 0.3) is 0 Å². The Bertz CT molecular complexity index is 922. The van der Waals surface area contributed by atoms with Gasteiger partial charge >= 0.3 is 5.97 Å². The summed E-state index contributed by atoms with van der Waals surface area (Å²) in [6.07, 6.45) is 0. The van der Waals surface area contributed by atoms with Gasteiger partial charge in [0.2, 0.25) is 0 Å². The van der Waals surface area contributed by atoms with Crippen molar-refractivity contribution in [2.45, 2.75) is 0 Å². The van der Waals surface area contributed by atoms with Crippen LogP contribution in [0.2, 0.25) is 0 Å². The standard InChI is InChI=1S/C19H19N3O7/c23-17-6-3-14(11-16(17)19(25)26)20-7-9-21(10-8-20)18(24)12-29-15-4-1-13(2-5-15)22(27)28/h1-6,11,23H,7-10,12H2,(H,25,26). The second kappa shape index (κ2) is 8.46. The first-order valence-corrected chi connectivity index (χ1v) is 8.81. The highest BCUT2D eigenvalue weighted by atomic mass is 16.6. The van der Waals surface area contributed by atoms with E-state index in [0.29, 0.717) is 37.6 Å². The van der Waals surface area contributed by atoms with Crippen molar-refractivity contribution in [3.05, 3.63) is 58.1 Å². The van der Waals surface area contributed by atoms with E-state index < -0.39 is 10.9 Å². The molecule has 0 unspecified atom stereocenters. The monoisotopic (exact) mass is 401 g/mol. The predicted octanol–water partition coefficient (Wildman–Crippen LogP) is 1.73. The van der Waals surface area contributed by atoms with E-state index in [1.54, 1.807) is 11.0 Å². The van der Waals surface area contributed by atoms with Gasteiger partial charge < -0.3 is 24.7 Å². The number of carboxylic acid groups (broad SMARTS) is 1. The molecule has 0 aromatic heterocycles. The number of carbonyl (C=O) groups excluding carboxylic acids is 1. The maximum Gasteiger partial charge on any atom is 0.339 e. The highest BCUT2D eigenvalue weighted by molar-refractivity contribution is 5.92. The molecule has 0 spiro atoms. The first kappa shape index (κ1) is 19.9. The summed E-state index contributed by atoms with van der Waals surface area (Å²) in [6.45, 7) is 1.71. The van der Waals surface area contributed by atoms with Gasteiger partial charge in [-0.1, -0.05) is 0 Å². The summed E-state index contributed by atoms with van der Waals surface area (Å²) in [4.78, 5) is 37.2. The van der Waals surface area contributed by atoms with Crippen molar-refractivity contribution in [2.75, 3.05) is 37.7 Å². The van der Waals surface area contributed by atoms with Crippen LogP contribution >= 0.6 is 0 Å². The molecule has 0 bridgehead atoms. The first-order valence-electron chi connectivity index (χ1n) is 8.81. The number of benzene rings is 2. The Labute approximate surface area is 165 Å². The summed E-state index contributed by atoms with van der Waals surface area (Å²) < 4.78 is 5.40. The van der Waals surface area contributed by atoms with Crippen molar-refractivity contribution in [2.24, 2.45) is 0 Å². The molecule has 0 atom stereocenters. The van der Waals surface area contributed by atoms with E-state index in [9.17, 15) is 24.8 Å². The van der Waals surface area contributed by atoms with E-state index >= 15 is 0 Å². The largest absolute Gasteiger partial charge is 0.507 e. The average Bonchev–Trinajstić information content (AvgIpc) is 2.72. The molecule has 0 radical (unpaired) electrons. The van der Waals surface area contributed by atoms with Gasteiger partial charge in [-0.3, -0.25) is 14.9 Å². The molecule has 2 aromatic carbocycles. The number of amides is 1. The minimum Gasteiger partial charge on any atom is -0.507 e. The summed E-state index contributed by atoms with van der Waals surface area (Å²) in [6, 6.07) is 9.88. The Balaban J connectivity index is 1.52. The molecule has 10 heteroatoms. The molecular formula is C19H19N3O7. The van der Waals surface area contributed by atoms with E-state index in [1.807, 2.05) is 4.90 Å². The van der Waals surface area contributed by atoms with Gasteiger partial charge in [-0.2, -0.15) is 0 Å². The number of aromatic carboxylic acids is 1. The van der Waals surface area contributed by atoms with Gasteiger partial charge in [0.25, 0.3) is 11.6 Å². The number of anilines is 1. The van der Waals surface area contributed by atoms with Crippen molar-refractivity contribution < 1.29 is 29.5 Å². The molecule has 2 aromatic rings. The Morgan fingerprint density at radius 2 is 1.72 bits per heavy atom. The number of rotatable bonds is 6. The SMILES string of the molecule is O=C(O)c1cc(N2CCN(C(=O)COc3ccc([N+](=O)[O-])cc3)CC2)ccc1O. The second-order valence-electron chi connectivity index (χ2n) is 6.41. The molecule has 29 heavy (non-hydrogen) atoms. The highest BCUT2D eigenvalue weighted by Gasteiger charge is 2.23. The zero-order valence-corrected chi connectivity index (χ0v) is 15.4. The third kappa shape index (κ3) is 4.72. The van der Waals surface area contributed by atoms with E-state index in [1.165, 1.54) is 36.4 Å². The van der Waals surface area contributed by atoms with E-state index in [-0.39, 0.29) is 29.5 Å². The topological polar surface area (TPSA) is 133 Å². The van der Waals surface area contributed by atoms with Gasteiger partial charge in [0, 0.05) is 44.0 Å². The van der Waals surface area contributed by atoms with Crippen molar-refractivity contribution in [3.8, 4) is 11.5 Å². The van der Waals surface area contributed by atoms with Crippen LogP contribution in [0, 0.1) is 10.1 Å². The third-order valence-electron chi connectivity index (χ3n) is 4.62.